The molecule has 2 aliphatic rings. The summed E-state index contributed by atoms with van der Waals surface area (Å²) >= 11 is 0. The number of aliphatic hydroxyl groups is 1. The van der Waals surface area contributed by atoms with Crippen LogP contribution in [0.4, 0.5) is 8.78 Å². The van der Waals surface area contributed by atoms with Crippen LogP contribution in [0.25, 0.3) is 0 Å². The maximum Gasteiger partial charge on any atom is 0.246 e. The zero-order valence-electron chi connectivity index (χ0n) is 14.0. The van der Waals surface area contributed by atoms with Crippen molar-refractivity contribution in [3.63, 3.8) is 0 Å². The van der Waals surface area contributed by atoms with E-state index in [4.69, 9.17) is 0 Å². The van der Waals surface area contributed by atoms with Gasteiger partial charge in [-0.3, -0.25) is 4.79 Å². The summed E-state index contributed by atoms with van der Waals surface area (Å²) in [6, 6.07) is 2.09. The first-order valence-corrected chi connectivity index (χ1v) is 8.28. The summed E-state index contributed by atoms with van der Waals surface area (Å²) in [6.45, 7) is 7.29. The molecule has 7 heteroatoms. The molecule has 1 N–H and O–H groups in total. The van der Waals surface area contributed by atoms with Crippen LogP contribution in [0.3, 0.4) is 0 Å². The number of hydrazone groups is 1. The molecule has 0 saturated carbocycles. The molecular weight excluding hydrogens is 328 g/mol. The zero-order chi connectivity index (χ0) is 18.1. The fourth-order valence-electron chi connectivity index (χ4n) is 3.41. The molecule has 0 bridgehead atoms. The van der Waals surface area contributed by atoms with E-state index in [1.165, 1.54) is 11.2 Å². The average Bonchev–Trinajstić information content (AvgIpc) is 2.95. The molecule has 134 valence electrons. The number of hydrogen-bond donors (Lipinski definition) is 1. The highest BCUT2D eigenvalue weighted by atomic mass is 19.1. The molecular formula is C18H21F2N3O2. The standard InChI is InChI=1S/C18H21F2N3O2/c1-11(2)22-5-3-12(4-6-22)18(25)23-17(16(24)10-21-23)13-7-14(19)9-15(20)8-13/h7-10,12,16-17,24H,1,3-6H2,2H3. The molecule has 1 aromatic carbocycles. The van der Waals surface area contributed by atoms with Crippen molar-refractivity contribution in [1.82, 2.24) is 9.91 Å². The Morgan fingerprint density at radius 1 is 1.24 bits per heavy atom. The number of hydrogen-bond acceptors (Lipinski definition) is 4. The maximum atomic E-state index is 13.5. The van der Waals surface area contributed by atoms with Crippen molar-refractivity contribution in [3.8, 4) is 0 Å². The molecule has 2 heterocycles. The molecule has 0 spiro atoms. The van der Waals surface area contributed by atoms with Crippen LogP contribution in [0.5, 0.6) is 0 Å². The minimum Gasteiger partial charge on any atom is -0.385 e. The lowest BCUT2D eigenvalue weighted by atomic mass is 9.94. The third-order valence-electron chi connectivity index (χ3n) is 4.77. The Morgan fingerprint density at radius 2 is 1.84 bits per heavy atom. The number of benzene rings is 1. The Bertz CT molecular complexity index is 694. The third-order valence-corrected chi connectivity index (χ3v) is 4.77. The van der Waals surface area contributed by atoms with Gasteiger partial charge in [0, 0.05) is 30.8 Å². The summed E-state index contributed by atoms with van der Waals surface area (Å²) in [4.78, 5) is 15.0. The van der Waals surface area contributed by atoms with Crippen molar-refractivity contribution in [2.24, 2.45) is 11.0 Å². The molecule has 2 atom stereocenters. The quantitative estimate of drug-likeness (QED) is 0.912. The van der Waals surface area contributed by atoms with E-state index in [0.717, 1.165) is 37.0 Å². The number of carbonyl (C=O) groups is 1. The molecule has 3 rings (SSSR count). The summed E-state index contributed by atoms with van der Waals surface area (Å²) in [5.41, 5.74) is 1.16. The second-order valence-electron chi connectivity index (χ2n) is 6.58. The number of aliphatic hydroxyl groups excluding tert-OH is 1. The fourth-order valence-corrected chi connectivity index (χ4v) is 3.41. The molecule has 5 nitrogen and oxygen atoms in total. The smallest absolute Gasteiger partial charge is 0.246 e. The van der Waals surface area contributed by atoms with Crippen LogP contribution in [0.15, 0.2) is 35.6 Å². The molecule has 1 amide bonds. The molecule has 0 radical (unpaired) electrons. The average molecular weight is 349 g/mol. The van der Waals surface area contributed by atoms with Crippen LogP contribution < -0.4 is 0 Å². The highest BCUT2D eigenvalue weighted by Crippen LogP contribution is 2.33. The van der Waals surface area contributed by atoms with E-state index in [-0.39, 0.29) is 17.4 Å². The Balaban J connectivity index is 1.77. The summed E-state index contributed by atoms with van der Waals surface area (Å²) in [5.74, 6) is -1.98. The lowest BCUT2D eigenvalue weighted by molar-refractivity contribution is -0.140. The zero-order valence-corrected chi connectivity index (χ0v) is 14.0. The van der Waals surface area contributed by atoms with E-state index in [2.05, 4.69) is 16.6 Å². The van der Waals surface area contributed by atoms with Gasteiger partial charge in [-0.1, -0.05) is 6.58 Å². The Kier molecular flexibility index (Phi) is 4.85. The SMILES string of the molecule is C=C(C)N1CCC(C(=O)N2N=CC(O)C2c2cc(F)cc(F)c2)CC1. The summed E-state index contributed by atoms with van der Waals surface area (Å²) in [6.07, 6.45) is 1.44. The lowest BCUT2D eigenvalue weighted by Gasteiger charge is -2.35. The van der Waals surface area contributed by atoms with Crippen molar-refractivity contribution < 1.29 is 18.7 Å². The van der Waals surface area contributed by atoms with Crippen LogP contribution in [0, 0.1) is 17.6 Å². The fraction of sp³-hybridized carbons (Fsp3) is 0.444. The Hall–Kier alpha value is -2.28. The molecule has 2 unspecified atom stereocenters. The van der Waals surface area contributed by atoms with Gasteiger partial charge in [0.2, 0.25) is 5.91 Å². The lowest BCUT2D eigenvalue weighted by Crippen LogP contribution is -2.41. The van der Waals surface area contributed by atoms with E-state index in [1.807, 2.05) is 6.92 Å². The van der Waals surface area contributed by atoms with Gasteiger partial charge in [-0.2, -0.15) is 5.10 Å². The molecule has 2 aliphatic heterocycles. The van der Waals surface area contributed by atoms with Gasteiger partial charge in [-0.15, -0.1) is 0 Å². The van der Waals surface area contributed by atoms with Gasteiger partial charge in [0.1, 0.15) is 23.8 Å². The Morgan fingerprint density at radius 3 is 2.40 bits per heavy atom. The summed E-state index contributed by atoms with van der Waals surface area (Å²) in [7, 11) is 0. The normalized spacial score (nSPS) is 24.0. The predicted molar refractivity (Wildman–Crippen MR) is 89.6 cm³/mol. The van der Waals surface area contributed by atoms with Gasteiger partial charge in [-0.25, -0.2) is 13.8 Å². The first-order chi connectivity index (χ1) is 11.9. The van der Waals surface area contributed by atoms with Gasteiger partial charge >= 0.3 is 0 Å². The van der Waals surface area contributed by atoms with Gasteiger partial charge in [0.05, 0.1) is 6.21 Å². The van der Waals surface area contributed by atoms with Crippen LogP contribution in [0.1, 0.15) is 31.4 Å². The van der Waals surface area contributed by atoms with E-state index in [1.54, 1.807) is 0 Å². The van der Waals surface area contributed by atoms with Crippen molar-refractivity contribution in [3.05, 3.63) is 47.7 Å². The Labute approximate surface area is 145 Å². The van der Waals surface area contributed by atoms with E-state index < -0.39 is 23.8 Å². The van der Waals surface area contributed by atoms with Crippen molar-refractivity contribution in [2.75, 3.05) is 13.1 Å². The maximum absolute atomic E-state index is 13.5. The molecule has 1 fully saturated rings. The van der Waals surface area contributed by atoms with Crippen molar-refractivity contribution >= 4 is 12.1 Å². The largest absolute Gasteiger partial charge is 0.385 e. The molecule has 0 aromatic heterocycles. The monoisotopic (exact) mass is 349 g/mol. The highest BCUT2D eigenvalue weighted by molar-refractivity contribution is 5.83. The minimum absolute atomic E-state index is 0.190. The number of halogens is 2. The molecule has 1 saturated heterocycles. The van der Waals surface area contributed by atoms with Crippen LogP contribution >= 0.6 is 0 Å². The third kappa shape index (κ3) is 3.56. The predicted octanol–water partition coefficient (Wildman–Crippen LogP) is 2.44. The van der Waals surface area contributed by atoms with E-state index in [0.29, 0.717) is 12.8 Å². The topological polar surface area (TPSA) is 56.1 Å². The second-order valence-corrected chi connectivity index (χ2v) is 6.58. The van der Waals surface area contributed by atoms with Gasteiger partial charge in [0.25, 0.3) is 0 Å². The first kappa shape index (κ1) is 17.5. The van der Waals surface area contributed by atoms with Crippen molar-refractivity contribution in [1.29, 1.82) is 0 Å². The van der Waals surface area contributed by atoms with Gasteiger partial charge in [-0.05, 0) is 37.5 Å². The highest BCUT2D eigenvalue weighted by Gasteiger charge is 2.39. The number of nitrogens with zero attached hydrogens (tertiary/aromatic N) is 3. The second kappa shape index (κ2) is 6.92. The number of likely N-dealkylation sites (tertiary alicyclic amines) is 1. The molecule has 0 aliphatic carbocycles. The molecule has 1 aromatic rings. The number of amides is 1. The van der Waals surface area contributed by atoms with E-state index in [9.17, 15) is 18.7 Å². The molecule has 25 heavy (non-hydrogen) atoms. The van der Waals surface area contributed by atoms with Gasteiger partial charge < -0.3 is 10.0 Å². The number of piperidine rings is 1. The first-order valence-electron chi connectivity index (χ1n) is 8.28. The van der Waals surface area contributed by atoms with Crippen LogP contribution in [-0.4, -0.2) is 46.3 Å². The summed E-state index contributed by atoms with van der Waals surface area (Å²) in [5, 5.41) is 15.3. The summed E-state index contributed by atoms with van der Waals surface area (Å²) < 4.78 is 27.1. The minimum atomic E-state index is -1.10. The van der Waals surface area contributed by atoms with Crippen LogP contribution in [-0.2, 0) is 4.79 Å². The number of carbonyl (C=O) groups excluding carboxylic acids is 1. The van der Waals surface area contributed by atoms with Crippen LogP contribution in [0.2, 0.25) is 0 Å². The number of allylic oxidation sites excluding steroid dienone is 1. The number of rotatable bonds is 3. The van der Waals surface area contributed by atoms with E-state index >= 15 is 0 Å². The van der Waals surface area contributed by atoms with Gasteiger partial charge in [0.15, 0.2) is 0 Å². The van der Waals surface area contributed by atoms with Crippen molar-refractivity contribution in [2.45, 2.75) is 31.9 Å².